The fraction of sp³-hybridized carbons (Fsp3) is 0.333. The summed E-state index contributed by atoms with van der Waals surface area (Å²) < 4.78 is 13.7. The van der Waals surface area contributed by atoms with E-state index < -0.39 is 5.41 Å². The van der Waals surface area contributed by atoms with E-state index in [0.717, 1.165) is 23.1 Å². The van der Waals surface area contributed by atoms with Gasteiger partial charge in [0.1, 0.15) is 5.82 Å². The van der Waals surface area contributed by atoms with Gasteiger partial charge in [-0.2, -0.15) is 0 Å². The van der Waals surface area contributed by atoms with Gasteiger partial charge in [-0.05, 0) is 54.5 Å². The normalized spacial score (nSPS) is 19.5. The predicted octanol–water partition coefficient (Wildman–Crippen LogP) is 5.04. The number of carbonyl (C=O) groups excluding carboxylic acids is 2. The van der Waals surface area contributed by atoms with Crippen molar-refractivity contribution in [3.05, 3.63) is 107 Å². The Labute approximate surface area is 206 Å². The zero-order valence-corrected chi connectivity index (χ0v) is 20.1. The van der Waals surface area contributed by atoms with Crippen LogP contribution in [0.4, 0.5) is 4.39 Å². The molecule has 0 N–H and O–H groups in total. The molecule has 2 aliphatic rings. The maximum Gasteiger partial charge on any atom is 0.234 e. The van der Waals surface area contributed by atoms with Crippen molar-refractivity contribution in [2.75, 3.05) is 20.1 Å². The number of hydrogen-bond acceptors (Lipinski definition) is 2. The molecule has 0 saturated carbocycles. The van der Waals surface area contributed by atoms with Gasteiger partial charge in [0.15, 0.2) is 0 Å². The van der Waals surface area contributed by atoms with Crippen LogP contribution in [0.25, 0.3) is 0 Å². The van der Waals surface area contributed by atoms with Gasteiger partial charge in [-0.15, -0.1) is 0 Å². The number of carbonyl (C=O) groups is 2. The standard InChI is InChI=1S/C30H31FN2O2/c1-32-26(20-22-9-8-14-25(31)19-22)21-30(29(32)35)15-17-33(18-16-30)28(34)27(23-10-4-2-5-11-23)24-12-6-3-7-13-24/h2-14,19,26-27H,15-18,20-21H2,1H3. The number of amides is 2. The molecule has 3 aromatic carbocycles. The lowest BCUT2D eigenvalue weighted by atomic mass is 9.75. The van der Waals surface area contributed by atoms with E-state index in [-0.39, 0.29) is 29.6 Å². The number of rotatable bonds is 5. The highest BCUT2D eigenvalue weighted by molar-refractivity contribution is 5.89. The maximum absolute atomic E-state index is 13.8. The first kappa shape index (κ1) is 23.3. The van der Waals surface area contributed by atoms with Gasteiger partial charge in [-0.3, -0.25) is 9.59 Å². The van der Waals surface area contributed by atoms with Crippen LogP contribution in [0.2, 0.25) is 0 Å². The fourth-order valence-electron chi connectivity index (χ4n) is 5.88. The van der Waals surface area contributed by atoms with Gasteiger partial charge in [-0.25, -0.2) is 4.39 Å². The molecule has 0 aliphatic carbocycles. The largest absolute Gasteiger partial charge is 0.342 e. The fourth-order valence-corrected chi connectivity index (χ4v) is 5.88. The van der Waals surface area contributed by atoms with Crippen molar-refractivity contribution < 1.29 is 14.0 Å². The molecule has 0 radical (unpaired) electrons. The second kappa shape index (κ2) is 9.65. The maximum atomic E-state index is 13.8. The van der Waals surface area contributed by atoms with Gasteiger partial charge >= 0.3 is 0 Å². The van der Waals surface area contributed by atoms with E-state index in [1.54, 1.807) is 12.1 Å². The highest BCUT2D eigenvalue weighted by Crippen LogP contribution is 2.45. The Hall–Kier alpha value is -3.47. The summed E-state index contributed by atoms with van der Waals surface area (Å²) in [5.74, 6) is -0.349. The number of nitrogens with zero attached hydrogens (tertiary/aromatic N) is 2. The van der Waals surface area contributed by atoms with Crippen LogP contribution in [0.15, 0.2) is 84.9 Å². The second-order valence-electron chi connectivity index (χ2n) is 9.97. The molecule has 1 atom stereocenters. The van der Waals surface area contributed by atoms with Crippen molar-refractivity contribution in [2.24, 2.45) is 5.41 Å². The lowest BCUT2D eigenvalue weighted by molar-refractivity contribution is -0.142. The van der Waals surface area contributed by atoms with E-state index in [2.05, 4.69) is 0 Å². The van der Waals surface area contributed by atoms with Crippen LogP contribution in [0, 0.1) is 11.2 Å². The average molecular weight is 471 g/mol. The smallest absolute Gasteiger partial charge is 0.234 e. The summed E-state index contributed by atoms with van der Waals surface area (Å²) in [5.41, 5.74) is 2.44. The third kappa shape index (κ3) is 4.60. The summed E-state index contributed by atoms with van der Waals surface area (Å²) >= 11 is 0. The lowest BCUT2D eigenvalue weighted by Crippen LogP contribution is -2.47. The zero-order chi connectivity index (χ0) is 24.4. The van der Waals surface area contributed by atoms with E-state index in [1.165, 1.54) is 6.07 Å². The monoisotopic (exact) mass is 470 g/mol. The molecule has 5 heteroatoms. The molecule has 2 fully saturated rings. The summed E-state index contributed by atoms with van der Waals surface area (Å²) in [6.45, 7) is 1.14. The number of halogens is 1. The molecule has 4 nitrogen and oxygen atoms in total. The minimum Gasteiger partial charge on any atom is -0.342 e. The molecule has 2 amide bonds. The summed E-state index contributed by atoms with van der Waals surface area (Å²) in [7, 11) is 1.86. The molecule has 1 spiro atoms. The Kier molecular flexibility index (Phi) is 6.42. The Balaban J connectivity index is 1.31. The van der Waals surface area contributed by atoms with E-state index in [9.17, 15) is 14.0 Å². The molecule has 2 saturated heterocycles. The van der Waals surface area contributed by atoms with E-state index in [0.29, 0.717) is 32.4 Å². The van der Waals surface area contributed by atoms with E-state index >= 15 is 0 Å². The molecule has 2 heterocycles. The summed E-state index contributed by atoms with van der Waals surface area (Å²) in [5, 5.41) is 0. The first-order valence-electron chi connectivity index (χ1n) is 12.4. The van der Waals surface area contributed by atoms with Crippen LogP contribution in [-0.4, -0.2) is 47.8 Å². The highest BCUT2D eigenvalue weighted by Gasteiger charge is 2.51. The van der Waals surface area contributed by atoms with Crippen LogP contribution >= 0.6 is 0 Å². The van der Waals surface area contributed by atoms with Gasteiger partial charge in [0, 0.05) is 26.2 Å². The first-order chi connectivity index (χ1) is 17.0. The van der Waals surface area contributed by atoms with Crippen LogP contribution in [0.5, 0.6) is 0 Å². The number of hydrogen-bond donors (Lipinski definition) is 0. The lowest BCUT2D eigenvalue weighted by Gasteiger charge is -2.39. The summed E-state index contributed by atoms with van der Waals surface area (Å²) in [6, 6.07) is 26.5. The summed E-state index contributed by atoms with van der Waals surface area (Å²) in [4.78, 5) is 30.9. The van der Waals surface area contributed by atoms with Crippen molar-refractivity contribution in [3.8, 4) is 0 Å². The van der Waals surface area contributed by atoms with Gasteiger partial charge in [0.2, 0.25) is 11.8 Å². The van der Waals surface area contributed by atoms with Crippen LogP contribution in [0.3, 0.4) is 0 Å². The molecule has 180 valence electrons. The number of piperidine rings is 1. The molecule has 5 rings (SSSR count). The molecule has 35 heavy (non-hydrogen) atoms. The predicted molar refractivity (Wildman–Crippen MR) is 134 cm³/mol. The van der Waals surface area contributed by atoms with Crippen LogP contribution < -0.4 is 0 Å². The molecule has 3 aromatic rings. The van der Waals surface area contributed by atoms with E-state index in [4.69, 9.17) is 0 Å². The minimum absolute atomic E-state index is 0.0490. The van der Waals surface area contributed by atoms with Crippen LogP contribution in [0.1, 0.15) is 41.9 Å². The van der Waals surface area contributed by atoms with Crippen molar-refractivity contribution in [2.45, 2.75) is 37.6 Å². The molecule has 2 aliphatic heterocycles. The zero-order valence-electron chi connectivity index (χ0n) is 20.1. The Bertz CT molecular complexity index is 1150. The Morgan fingerprint density at radius 3 is 2.11 bits per heavy atom. The van der Waals surface area contributed by atoms with Crippen molar-refractivity contribution in [3.63, 3.8) is 0 Å². The SMILES string of the molecule is CN1C(=O)C2(CCN(C(=O)C(c3ccccc3)c3ccccc3)CC2)CC1Cc1cccc(F)c1. The third-order valence-corrected chi connectivity index (χ3v) is 7.85. The van der Waals surface area contributed by atoms with Crippen molar-refractivity contribution in [1.29, 1.82) is 0 Å². The topological polar surface area (TPSA) is 40.6 Å². The van der Waals surface area contributed by atoms with Crippen molar-refractivity contribution >= 4 is 11.8 Å². The highest BCUT2D eigenvalue weighted by atomic mass is 19.1. The average Bonchev–Trinajstić information content (AvgIpc) is 3.10. The van der Waals surface area contributed by atoms with Crippen molar-refractivity contribution in [1.82, 2.24) is 9.80 Å². The number of likely N-dealkylation sites (N-methyl/N-ethyl adjacent to an activating group) is 1. The summed E-state index contributed by atoms with van der Waals surface area (Å²) in [6.07, 6.45) is 2.73. The molecule has 1 unspecified atom stereocenters. The molecular formula is C30H31FN2O2. The molecular weight excluding hydrogens is 439 g/mol. The van der Waals surface area contributed by atoms with Gasteiger partial charge in [-0.1, -0.05) is 72.8 Å². The van der Waals surface area contributed by atoms with Gasteiger partial charge < -0.3 is 9.80 Å². The van der Waals surface area contributed by atoms with E-state index in [1.807, 2.05) is 83.6 Å². The quantitative estimate of drug-likeness (QED) is 0.524. The van der Waals surface area contributed by atoms with Crippen LogP contribution in [-0.2, 0) is 16.0 Å². The Morgan fingerprint density at radius 1 is 0.943 bits per heavy atom. The minimum atomic E-state index is -0.432. The molecule has 0 aromatic heterocycles. The molecule has 0 bridgehead atoms. The number of benzene rings is 3. The Morgan fingerprint density at radius 2 is 1.54 bits per heavy atom. The third-order valence-electron chi connectivity index (χ3n) is 7.85. The second-order valence-corrected chi connectivity index (χ2v) is 9.97. The van der Waals surface area contributed by atoms with Gasteiger partial charge in [0.25, 0.3) is 0 Å². The van der Waals surface area contributed by atoms with Gasteiger partial charge in [0.05, 0.1) is 11.3 Å². The first-order valence-corrected chi connectivity index (χ1v) is 12.4. The number of likely N-dealkylation sites (tertiary alicyclic amines) is 2.